The Kier molecular flexibility index (Phi) is 7.65. The minimum Gasteiger partial charge on any atom is -0.480 e. The summed E-state index contributed by atoms with van der Waals surface area (Å²) in [5.41, 5.74) is 5.02. The lowest BCUT2D eigenvalue weighted by molar-refractivity contribution is -0.139. The molecule has 0 saturated carbocycles. The second-order valence-electron chi connectivity index (χ2n) is 2.02. The molecule has 0 saturated heterocycles. The summed E-state index contributed by atoms with van der Waals surface area (Å²) in [7, 11) is 0. The van der Waals surface area contributed by atoms with Crippen LogP contribution in [0.25, 0.3) is 0 Å². The zero-order valence-corrected chi connectivity index (χ0v) is 6.62. The second-order valence-corrected chi connectivity index (χ2v) is 2.02. The number of carbonyl (C=O) groups is 1. The molecule has 2 unspecified atom stereocenters. The van der Waals surface area contributed by atoms with Crippen LogP contribution < -0.4 is 5.73 Å². The van der Waals surface area contributed by atoms with E-state index in [1.54, 1.807) is 0 Å². The molecule has 0 aliphatic carbocycles. The predicted octanol–water partition coefficient (Wildman–Crippen LogP) is -1.44. The molecule has 0 radical (unpaired) electrons. The molecule has 0 amide bonds. The molecule has 0 aromatic carbocycles. The van der Waals surface area contributed by atoms with Crippen molar-refractivity contribution >= 4 is 18.4 Å². The van der Waals surface area contributed by atoms with Crippen molar-refractivity contribution in [2.45, 2.75) is 18.6 Å². The monoisotopic (exact) mass is 185 g/mol. The lowest BCUT2D eigenvalue weighted by atomic mass is 10.1. The topological polar surface area (TPSA) is 104 Å². The average Bonchev–Trinajstić information content (AvgIpc) is 1.87. The van der Waals surface area contributed by atoms with Gasteiger partial charge in [0.05, 0.1) is 12.7 Å². The van der Waals surface area contributed by atoms with Gasteiger partial charge in [-0.05, 0) is 0 Å². The Morgan fingerprint density at radius 1 is 1.55 bits per heavy atom. The van der Waals surface area contributed by atoms with E-state index >= 15 is 0 Å². The van der Waals surface area contributed by atoms with Crippen LogP contribution in [0, 0.1) is 0 Å². The summed E-state index contributed by atoms with van der Waals surface area (Å²) in [6, 6.07) is -1.10. The average molecular weight is 186 g/mol. The minimum absolute atomic E-state index is 0. The highest BCUT2D eigenvalue weighted by molar-refractivity contribution is 5.85. The Balaban J connectivity index is 0. The van der Waals surface area contributed by atoms with Crippen LogP contribution in [0.3, 0.4) is 0 Å². The van der Waals surface area contributed by atoms with Gasteiger partial charge in [-0.25, -0.2) is 0 Å². The quantitative estimate of drug-likeness (QED) is 0.430. The third-order valence-electron chi connectivity index (χ3n) is 1.05. The molecule has 5 N–H and O–H groups in total. The Labute approximate surface area is 70.2 Å². The lowest BCUT2D eigenvalue weighted by Gasteiger charge is -2.09. The second kappa shape index (κ2) is 6.36. The maximum atomic E-state index is 10.0. The fourth-order valence-electron chi connectivity index (χ4n) is 0.468. The molecule has 0 aliphatic rings. The third kappa shape index (κ3) is 6.05. The van der Waals surface area contributed by atoms with Gasteiger partial charge in [-0.3, -0.25) is 4.79 Å². The number of nitrogens with two attached hydrogens (primary N) is 1. The van der Waals surface area contributed by atoms with Crippen LogP contribution in [0.1, 0.15) is 6.42 Å². The zero-order chi connectivity index (χ0) is 8.15. The summed E-state index contributed by atoms with van der Waals surface area (Å²) >= 11 is 0. The molecule has 0 aliphatic heterocycles. The van der Waals surface area contributed by atoms with Crippen LogP contribution in [-0.2, 0) is 4.79 Å². The van der Waals surface area contributed by atoms with Crippen molar-refractivity contribution < 1.29 is 20.1 Å². The molecule has 0 aromatic rings. The summed E-state index contributed by atoms with van der Waals surface area (Å²) < 4.78 is 0. The van der Waals surface area contributed by atoms with Crippen LogP contribution in [0.5, 0.6) is 0 Å². The summed E-state index contributed by atoms with van der Waals surface area (Å²) in [4.78, 5) is 10.0. The molecule has 5 nitrogen and oxygen atoms in total. The van der Waals surface area contributed by atoms with Gasteiger partial charge in [0, 0.05) is 6.42 Å². The van der Waals surface area contributed by atoms with Gasteiger partial charge in [-0.1, -0.05) is 0 Å². The Morgan fingerprint density at radius 3 is 2.27 bits per heavy atom. The van der Waals surface area contributed by atoms with E-state index in [1.165, 1.54) is 0 Å². The number of aliphatic hydroxyl groups excluding tert-OH is 2. The lowest BCUT2D eigenvalue weighted by Crippen LogP contribution is -2.35. The van der Waals surface area contributed by atoms with Gasteiger partial charge in [0.1, 0.15) is 6.04 Å². The molecule has 68 valence electrons. The van der Waals surface area contributed by atoms with Gasteiger partial charge in [-0.2, -0.15) is 0 Å². The first-order valence-electron chi connectivity index (χ1n) is 2.85. The number of halogens is 1. The number of aliphatic carboxylic acids is 1. The molecule has 0 bridgehead atoms. The van der Waals surface area contributed by atoms with Crippen LogP contribution in [0.15, 0.2) is 0 Å². The van der Waals surface area contributed by atoms with Crippen molar-refractivity contribution in [3.8, 4) is 0 Å². The van der Waals surface area contributed by atoms with Crippen LogP contribution >= 0.6 is 12.4 Å². The smallest absolute Gasteiger partial charge is 0.320 e. The highest BCUT2D eigenvalue weighted by atomic mass is 35.5. The van der Waals surface area contributed by atoms with Gasteiger partial charge in [0.2, 0.25) is 0 Å². The van der Waals surface area contributed by atoms with E-state index < -0.39 is 24.7 Å². The molecule has 2 atom stereocenters. The van der Waals surface area contributed by atoms with E-state index in [-0.39, 0.29) is 18.8 Å². The summed E-state index contributed by atoms with van der Waals surface area (Å²) in [5, 5.41) is 25.2. The van der Waals surface area contributed by atoms with Gasteiger partial charge in [-0.15, -0.1) is 12.4 Å². The van der Waals surface area contributed by atoms with Gasteiger partial charge in [0.15, 0.2) is 0 Å². The molecule has 0 fully saturated rings. The molecular formula is C5H12ClNO4. The molecule has 0 heterocycles. The molecule has 6 heteroatoms. The van der Waals surface area contributed by atoms with Crippen molar-refractivity contribution in [2.75, 3.05) is 6.61 Å². The SMILES string of the molecule is Cl.NC(CC(O)CO)C(=O)O. The molecule has 0 spiro atoms. The first kappa shape index (κ1) is 13.2. The van der Waals surface area contributed by atoms with E-state index in [2.05, 4.69) is 0 Å². The minimum atomic E-state index is -1.17. The van der Waals surface area contributed by atoms with Gasteiger partial charge >= 0.3 is 5.97 Å². The summed E-state index contributed by atoms with van der Waals surface area (Å²) in [6.07, 6.45) is -1.16. The van der Waals surface area contributed by atoms with Crippen LogP contribution in [0.2, 0.25) is 0 Å². The highest BCUT2D eigenvalue weighted by Gasteiger charge is 2.15. The predicted molar refractivity (Wildman–Crippen MR) is 40.6 cm³/mol. The van der Waals surface area contributed by atoms with Crippen molar-refractivity contribution in [3.63, 3.8) is 0 Å². The van der Waals surface area contributed by atoms with Crippen molar-refractivity contribution in [3.05, 3.63) is 0 Å². The van der Waals surface area contributed by atoms with Crippen molar-refractivity contribution in [1.82, 2.24) is 0 Å². The first-order chi connectivity index (χ1) is 4.57. The number of aliphatic hydroxyl groups is 2. The van der Waals surface area contributed by atoms with E-state index in [0.717, 1.165) is 0 Å². The number of carboxylic acid groups (broad SMARTS) is 1. The molecule has 0 rings (SSSR count). The standard InChI is InChI=1S/C5H11NO4.ClH/c6-4(5(9)10)1-3(8)2-7;/h3-4,7-8H,1-2,6H2,(H,9,10);1H. The normalized spacial score (nSPS) is 14.8. The molecule has 0 aromatic heterocycles. The van der Waals surface area contributed by atoms with Crippen molar-refractivity contribution in [1.29, 1.82) is 0 Å². The highest BCUT2D eigenvalue weighted by Crippen LogP contribution is 1.94. The Morgan fingerprint density at radius 2 is 2.00 bits per heavy atom. The van der Waals surface area contributed by atoms with E-state index in [1.807, 2.05) is 0 Å². The maximum Gasteiger partial charge on any atom is 0.320 e. The number of rotatable bonds is 4. The fraction of sp³-hybridized carbons (Fsp3) is 0.800. The summed E-state index contributed by atoms with van der Waals surface area (Å²) in [6.45, 7) is -0.457. The zero-order valence-electron chi connectivity index (χ0n) is 5.80. The Bertz CT molecular complexity index is 121. The molecular weight excluding hydrogens is 174 g/mol. The number of carboxylic acids is 1. The van der Waals surface area contributed by atoms with E-state index in [4.69, 9.17) is 21.1 Å². The summed E-state index contributed by atoms with van der Waals surface area (Å²) in [5.74, 6) is -1.17. The first-order valence-corrected chi connectivity index (χ1v) is 2.85. The Hall–Kier alpha value is -0.360. The van der Waals surface area contributed by atoms with E-state index in [0.29, 0.717) is 0 Å². The van der Waals surface area contributed by atoms with Crippen LogP contribution in [0.4, 0.5) is 0 Å². The fourth-order valence-corrected chi connectivity index (χ4v) is 0.468. The third-order valence-corrected chi connectivity index (χ3v) is 1.05. The van der Waals surface area contributed by atoms with E-state index in [9.17, 15) is 4.79 Å². The molecule has 11 heavy (non-hydrogen) atoms. The largest absolute Gasteiger partial charge is 0.480 e. The van der Waals surface area contributed by atoms with Gasteiger partial charge in [0.25, 0.3) is 0 Å². The number of hydrogen-bond donors (Lipinski definition) is 4. The maximum absolute atomic E-state index is 10.0. The number of hydrogen-bond acceptors (Lipinski definition) is 4. The van der Waals surface area contributed by atoms with Crippen molar-refractivity contribution in [2.24, 2.45) is 5.73 Å². The van der Waals surface area contributed by atoms with Crippen LogP contribution in [-0.4, -0.2) is 40.0 Å². The van der Waals surface area contributed by atoms with Gasteiger partial charge < -0.3 is 21.1 Å².